The minimum absolute atomic E-state index is 0.523. The van der Waals surface area contributed by atoms with Gasteiger partial charge in [0.2, 0.25) is 0 Å². The van der Waals surface area contributed by atoms with Gasteiger partial charge in [-0.1, -0.05) is 19.1 Å². The molecule has 2 aromatic rings. The summed E-state index contributed by atoms with van der Waals surface area (Å²) >= 11 is 0. The average molecular weight is 282 g/mol. The lowest BCUT2D eigenvalue weighted by atomic mass is 10.3. The highest BCUT2D eigenvalue weighted by molar-refractivity contribution is 7.73. The lowest BCUT2D eigenvalue weighted by Crippen LogP contribution is -2.42. The number of hydrazine groups is 1. The third-order valence-corrected chi connectivity index (χ3v) is 3.84. The molecule has 0 aliphatic rings. The average Bonchev–Trinajstić information content (AvgIpc) is 2.81. The Hall–Kier alpha value is -1.44. The van der Waals surface area contributed by atoms with E-state index in [9.17, 15) is 8.42 Å². The number of hydrogen-bond acceptors (Lipinski definition) is 5. The van der Waals surface area contributed by atoms with Gasteiger partial charge in [0.1, 0.15) is 11.2 Å². The smallest absolute Gasteiger partial charge is 0.157 e. The number of H-pyrrole nitrogens is 1. The van der Waals surface area contributed by atoms with Crippen LogP contribution < -0.4 is 10.9 Å². The normalized spacial score (nSPS) is 13.2. The van der Waals surface area contributed by atoms with Crippen molar-refractivity contribution in [2.24, 2.45) is 0 Å². The maximum Gasteiger partial charge on any atom is 0.157 e. The van der Waals surface area contributed by atoms with Crippen molar-refractivity contribution in [1.82, 2.24) is 20.8 Å². The summed E-state index contributed by atoms with van der Waals surface area (Å²) in [6.07, 6.45) is 1.24. The summed E-state index contributed by atoms with van der Waals surface area (Å²) in [5, 5.41) is -0.523. The van der Waals surface area contributed by atoms with Crippen LogP contribution in [0.3, 0.4) is 0 Å². The van der Waals surface area contributed by atoms with E-state index in [1.807, 2.05) is 31.2 Å². The fraction of sp³-hybridized carbons (Fsp3) is 0.417. The molecule has 0 bridgehead atoms. The maximum absolute atomic E-state index is 10.8. The van der Waals surface area contributed by atoms with Crippen molar-refractivity contribution in [2.45, 2.75) is 25.1 Å². The third-order valence-electron chi connectivity index (χ3n) is 2.84. The molecule has 0 aliphatic heterocycles. The van der Waals surface area contributed by atoms with Gasteiger partial charge in [0.15, 0.2) is 10.7 Å². The molecule has 2 rings (SSSR count). The molecule has 1 aromatic heterocycles. The highest BCUT2D eigenvalue weighted by Gasteiger charge is 2.07. The van der Waals surface area contributed by atoms with Crippen LogP contribution in [0.5, 0.6) is 0 Å². The van der Waals surface area contributed by atoms with Crippen LogP contribution in [-0.4, -0.2) is 30.3 Å². The molecule has 6 nitrogen and oxygen atoms in total. The number of aromatic nitrogens is 2. The van der Waals surface area contributed by atoms with E-state index in [4.69, 9.17) is 0 Å². The highest BCUT2D eigenvalue weighted by atomic mass is 32.2. The van der Waals surface area contributed by atoms with Crippen molar-refractivity contribution in [1.29, 1.82) is 0 Å². The molecular weight excluding hydrogens is 264 g/mol. The van der Waals surface area contributed by atoms with Gasteiger partial charge in [0.25, 0.3) is 0 Å². The Morgan fingerprint density at radius 1 is 1.37 bits per heavy atom. The Morgan fingerprint density at radius 2 is 2.16 bits per heavy atom. The molecular formula is C12H18N4O2S. The van der Waals surface area contributed by atoms with E-state index in [0.29, 0.717) is 19.4 Å². The van der Waals surface area contributed by atoms with Crippen LogP contribution in [0.4, 0.5) is 0 Å². The van der Waals surface area contributed by atoms with E-state index < -0.39 is 16.1 Å². The number of thiol groups is 1. The zero-order valence-electron chi connectivity index (χ0n) is 10.7. The first-order valence-electron chi connectivity index (χ1n) is 6.26. The van der Waals surface area contributed by atoms with E-state index in [2.05, 4.69) is 20.8 Å². The minimum Gasteiger partial charge on any atom is -0.342 e. The van der Waals surface area contributed by atoms with Crippen molar-refractivity contribution in [3.8, 4) is 0 Å². The van der Waals surface area contributed by atoms with E-state index >= 15 is 0 Å². The van der Waals surface area contributed by atoms with E-state index in [1.54, 1.807) is 0 Å². The number of hydrogen-bond donors (Lipinski definition) is 4. The molecule has 1 atom stereocenters. The van der Waals surface area contributed by atoms with Crippen LogP contribution >= 0.6 is 0 Å². The lowest BCUT2D eigenvalue weighted by Gasteiger charge is -2.10. The van der Waals surface area contributed by atoms with Crippen LogP contribution in [0.2, 0.25) is 0 Å². The van der Waals surface area contributed by atoms with Crippen LogP contribution in [-0.2, 0) is 17.1 Å². The van der Waals surface area contributed by atoms with Crippen LogP contribution in [0, 0.1) is 0 Å². The Morgan fingerprint density at radius 3 is 2.84 bits per heavy atom. The molecule has 104 valence electrons. The molecule has 7 heteroatoms. The van der Waals surface area contributed by atoms with Gasteiger partial charge in [-0.2, -0.15) is 0 Å². The third kappa shape index (κ3) is 3.76. The Labute approximate surface area is 113 Å². The van der Waals surface area contributed by atoms with Crippen molar-refractivity contribution in [3.05, 3.63) is 30.1 Å². The number of imidazole rings is 1. The standard InChI is InChI=1S/C12H18N4O2S/c1-2-12(19(17)18)16-13-8-7-11-14-9-5-3-4-6-10(9)15-11/h3-6,12-13,16,19H,2,7-8H2,1H3,(H,14,15). The maximum atomic E-state index is 10.8. The predicted molar refractivity (Wildman–Crippen MR) is 75.3 cm³/mol. The number of para-hydroxylation sites is 2. The topological polar surface area (TPSA) is 86.9 Å². The Bertz CT molecular complexity index is 568. The molecule has 0 radical (unpaired) electrons. The number of fused-ring (bicyclic) bond motifs is 1. The van der Waals surface area contributed by atoms with Crippen molar-refractivity contribution < 1.29 is 8.42 Å². The van der Waals surface area contributed by atoms with Crippen molar-refractivity contribution >= 4 is 21.7 Å². The Balaban J connectivity index is 1.82. The zero-order chi connectivity index (χ0) is 13.7. The van der Waals surface area contributed by atoms with Crippen molar-refractivity contribution in [3.63, 3.8) is 0 Å². The summed E-state index contributed by atoms with van der Waals surface area (Å²) in [5.41, 5.74) is 7.66. The number of aromatic amines is 1. The quantitative estimate of drug-likeness (QED) is 0.338. The van der Waals surface area contributed by atoms with Gasteiger partial charge in [-0.3, -0.25) is 5.43 Å². The molecule has 0 aliphatic carbocycles. The lowest BCUT2D eigenvalue weighted by molar-refractivity contribution is 0.482. The Kier molecular flexibility index (Phi) is 4.89. The molecule has 1 unspecified atom stereocenters. The van der Waals surface area contributed by atoms with Gasteiger partial charge in [0, 0.05) is 13.0 Å². The predicted octanol–water partition coefficient (Wildman–Crippen LogP) is 0.547. The van der Waals surface area contributed by atoms with Gasteiger partial charge in [-0.05, 0) is 18.6 Å². The molecule has 19 heavy (non-hydrogen) atoms. The van der Waals surface area contributed by atoms with E-state index in [1.165, 1.54) is 0 Å². The molecule has 0 amide bonds. The van der Waals surface area contributed by atoms with E-state index in [-0.39, 0.29) is 0 Å². The van der Waals surface area contributed by atoms with Gasteiger partial charge in [-0.15, -0.1) is 0 Å². The van der Waals surface area contributed by atoms with E-state index in [0.717, 1.165) is 16.9 Å². The second kappa shape index (κ2) is 6.65. The monoisotopic (exact) mass is 282 g/mol. The van der Waals surface area contributed by atoms with Crippen LogP contribution in [0.15, 0.2) is 24.3 Å². The van der Waals surface area contributed by atoms with Crippen molar-refractivity contribution in [2.75, 3.05) is 6.54 Å². The largest absolute Gasteiger partial charge is 0.342 e. The second-order valence-electron chi connectivity index (χ2n) is 4.23. The minimum atomic E-state index is -2.45. The zero-order valence-corrected chi connectivity index (χ0v) is 11.6. The molecule has 3 N–H and O–H groups in total. The summed E-state index contributed by atoms with van der Waals surface area (Å²) in [7, 11) is -2.45. The number of benzene rings is 1. The first-order chi connectivity index (χ1) is 9.20. The second-order valence-corrected chi connectivity index (χ2v) is 5.43. The first-order valence-corrected chi connectivity index (χ1v) is 7.51. The SMILES string of the molecule is CCC(NNCCc1nc2ccccc2[nH]1)[SH](=O)=O. The van der Waals surface area contributed by atoms with Gasteiger partial charge >= 0.3 is 0 Å². The van der Waals surface area contributed by atoms with Crippen LogP contribution in [0.1, 0.15) is 19.2 Å². The van der Waals surface area contributed by atoms with Gasteiger partial charge in [-0.25, -0.2) is 18.8 Å². The molecule has 0 fully saturated rings. The number of nitrogens with zero attached hydrogens (tertiary/aromatic N) is 1. The highest BCUT2D eigenvalue weighted by Crippen LogP contribution is 2.10. The fourth-order valence-corrected chi connectivity index (χ4v) is 2.29. The molecule has 0 saturated heterocycles. The summed E-state index contributed by atoms with van der Waals surface area (Å²) < 4.78 is 21.7. The van der Waals surface area contributed by atoms with Gasteiger partial charge < -0.3 is 4.98 Å². The number of rotatable bonds is 7. The summed E-state index contributed by atoms with van der Waals surface area (Å²) in [5.74, 6) is 0.884. The van der Waals surface area contributed by atoms with Crippen LogP contribution in [0.25, 0.3) is 11.0 Å². The number of nitrogens with one attached hydrogen (secondary N) is 3. The summed E-state index contributed by atoms with van der Waals surface area (Å²) in [6.45, 7) is 2.43. The van der Waals surface area contributed by atoms with Gasteiger partial charge in [0.05, 0.1) is 11.0 Å². The summed E-state index contributed by atoms with van der Waals surface area (Å²) in [6, 6.07) is 7.84. The summed E-state index contributed by atoms with van der Waals surface area (Å²) in [4.78, 5) is 7.66. The molecule has 1 aromatic carbocycles. The molecule has 0 spiro atoms. The molecule has 0 saturated carbocycles. The molecule has 1 heterocycles. The fourth-order valence-electron chi connectivity index (χ4n) is 1.80. The first kappa shape index (κ1) is 14.0.